The summed E-state index contributed by atoms with van der Waals surface area (Å²) in [6.07, 6.45) is 0.992. The topological polar surface area (TPSA) is 183 Å². The first-order chi connectivity index (χ1) is 30.6. The minimum Gasteiger partial charge on any atom is -0.380 e. The number of rotatable bonds is 15. The van der Waals surface area contributed by atoms with Gasteiger partial charge in [-0.3, -0.25) is 14.9 Å². The molecular weight excluding hydrogens is 930 g/mol. The van der Waals surface area contributed by atoms with Gasteiger partial charge in [-0.2, -0.15) is 13.2 Å². The fraction of sp³-hybridized carbons (Fsp3) is 0.286. The summed E-state index contributed by atoms with van der Waals surface area (Å²) in [5.74, 6) is -1.16. The molecule has 4 heterocycles. The molecule has 1 atom stereocenters. The average molecular weight is 971 g/mol. The van der Waals surface area contributed by atoms with Crippen LogP contribution in [0.3, 0.4) is 0 Å². The molecule has 64 heavy (non-hydrogen) atoms. The Morgan fingerprint density at radius 2 is 1.66 bits per heavy atom. The van der Waals surface area contributed by atoms with Crippen LogP contribution >= 0.6 is 34.4 Å². The van der Waals surface area contributed by atoms with Gasteiger partial charge in [-0.15, -0.1) is 23.1 Å². The molecule has 0 spiro atoms. The van der Waals surface area contributed by atoms with E-state index < -0.39 is 52.8 Å². The molecule has 0 bridgehead atoms. The maximum atomic E-state index is 14.2. The number of benzene rings is 4. The Morgan fingerprint density at radius 3 is 2.42 bits per heavy atom. The molecule has 0 radical (unpaired) electrons. The van der Waals surface area contributed by atoms with Gasteiger partial charge in [0.25, 0.3) is 31.7 Å². The standard InChI is InChI=1S/C42H41F3N8O6S5/c43-42(44,45)63(56,57)37-23-30(13-14-34(37)47-28(16-19-52-21-17-46-18-22-52)25-60-29-8-2-1-3-9-29)64(58,59)51-39(55)35-26-61-41(49-35)53-20-15-27-7-6-10-31(32(27)24-53)38(54)50-40-48-33-11-4-5-12-36(33)62-40/h1-14,23,26,28,46-47H,15-22,24-25H2,(H,51,55)(H,48,50,54). The van der Waals surface area contributed by atoms with E-state index in [1.54, 1.807) is 12.1 Å². The molecule has 4 N–H and O–H groups in total. The second kappa shape index (κ2) is 19.2. The summed E-state index contributed by atoms with van der Waals surface area (Å²) in [5.41, 5.74) is -3.57. The van der Waals surface area contributed by atoms with Crippen LogP contribution in [0.4, 0.5) is 29.1 Å². The largest absolute Gasteiger partial charge is 0.501 e. The quantitative estimate of drug-likeness (QED) is 0.0786. The number of anilines is 3. The van der Waals surface area contributed by atoms with Crippen molar-refractivity contribution in [3.63, 3.8) is 0 Å². The molecule has 1 fully saturated rings. The Balaban J connectivity index is 0.984. The fourth-order valence-corrected chi connectivity index (χ4v) is 12.0. The molecule has 2 aliphatic rings. The lowest BCUT2D eigenvalue weighted by molar-refractivity contribution is -0.0436. The number of thioether (sulfide) groups is 1. The first-order valence-electron chi connectivity index (χ1n) is 20.0. The van der Waals surface area contributed by atoms with Gasteiger partial charge < -0.3 is 20.4 Å². The Bertz CT molecular complexity index is 2860. The number of aromatic nitrogens is 2. The molecule has 4 aromatic carbocycles. The first kappa shape index (κ1) is 45.5. The Hall–Kier alpha value is -5.10. The van der Waals surface area contributed by atoms with Crippen molar-refractivity contribution in [2.24, 2.45) is 0 Å². The number of carbonyl (C=O) groups excluding carboxylic acids is 2. The minimum atomic E-state index is -6.09. The third kappa shape index (κ3) is 10.4. The number of thiazole rings is 2. The van der Waals surface area contributed by atoms with Crippen molar-refractivity contribution in [3.05, 3.63) is 119 Å². The molecule has 2 aromatic heterocycles. The molecule has 0 aliphatic carbocycles. The van der Waals surface area contributed by atoms with Gasteiger partial charge in [-0.1, -0.05) is 53.8 Å². The highest BCUT2D eigenvalue weighted by molar-refractivity contribution is 7.99. The number of sulfonamides is 1. The lowest BCUT2D eigenvalue weighted by atomic mass is 9.94. The third-order valence-corrected chi connectivity index (χ3v) is 16.6. The highest BCUT2D eigenvalue weighted by atomic mass is 32.2. The number of para-hydroxylation sites is 1. The van der Waals surface area contributed by atoms with E-state index in [1.165, 1.54) is 28.5 Å². The molecule has 1 unspecified atom stereocenters. The summed E-state index contributed by atoms with van der Waals surface area (Å²) in [5, 5.41) is 11.3. The van der Waals surface area contributed by atoms with Crippen LogP contribution in [0.1, 0.15) is 38.4 Å². The molecule has 6 aromatic rings. The SMILES string of the molecule is O=C(NS(=O)(=O)c1ccc(NC(CCN2CCNCC2)CSc2ccccc2)c(S(=O)(=O)C(F)(F)F)c1)c1csc(N2CCc3cccc(C(=O)Nc4nc5ccccc5s4)c3C2)n1. The molecule has 1 saturated heterocycles. The van der Waals surface area contributed by atoms with E-state index in [1.807, 2.05) is 70.3 Å². The number of sulfone groups is 1. The van der Waals surface area contributed by atoms with Crippen LogP contribution in [0.15, 0.2) is 111 Å². The van der Waals surface area contributed by atoms with Crippen molar-refractivity contribution in [2.75, 3.05) is 60.6 Å². The lowest BCUT2D eigenvalue weighted by Gasteiger charge is -2.29. The highest BCUT2D eigenvalue weighted by Crippen LogP contribution is 2.37. The fourth-order valence-electron chi connectivity index (χ4n) is 7.33. The molecule has 14 nitrogen and oxygen atoms in total. The summed E-state index contributed by atoms with van der Waals surface area (Å²) in [4.78, 5) is 38.6. The van der Waals surface area contributed by atoms with Gasteiger partial charge in [0.2, 0.25) is 0 Å². The monoisotopic (exact) mass is 970 g/mol. The van der Waals surface area contributed by atoms with Crippen LogP contribution in [-0.2, 0) is 32.8 Å². The molecule has 336 valence electrons. The van der Waals surface area contributed by atoms with E-state index in [4.69, 9.17) is 0 Å². The number of hydrogen-bond acceptors (Lipinski definition) is 15. The number of halogens is 3. The molecule has 8 rings (SSSR count). The summed E-state index contributed by atoms with van der Waals surface area (Å²) in [7, 11) is -11.0. The van der Waals surface area contributed by atoms with E-state index in [0.717, 1.165) is 75.9 Å². The zero-order chi connectivity index (χ0) is 45.1. The smallest absolute Gasteiger partial charge is 0.380 e. The van der Waals surface area contributed by atoms with Gasteiger partial charge in [0.1, 0.15) is 10.6 Å². The summed E-state index contributed by atoms with van der Waals surface area (Å²) >= 11 is 3.86. The second-order valence-corrected chi connectivity index (χ2v) is 21.5. The van der Waals surface area contributed by atoms with Crippen molar-refractivity contribution in [1.29, 1.82) is 0 Å². The zero-order valence-corrected chi connectivity index (χ0v) is 37.9. The minimum absolute atomic E-state index is 0.254. The van der Waals surface area contributed by atoms with E-state index in [-0.39, 0.29) is 18.1 Å². The van der Waals surface area contributed by atoms with Crippen LogP contribution in [0.2, 0.25) is 0 Å². The highest BCUT2D eigenvalue weighted by Gasteiger charge is 2.48. The average Bonchev–Trinajstić information content (AvgIpc) is 3.95. The van der Waals surface area contributed by atoms with Crippen LogP contribution in [0, 0.1) is 0 Å². The molecule has 22 heteroatoms. The van der Waals surface area contributed by atoms with Crippen molar-refractivity contribution < 1.29 is 39.6 Å². The number of fused-ring (bicyclic) bond motifs is 2. The summed E-state index contributed by atoms with van der Waals surface area (Å²) in [6, 6.07) is 24.1. The normalized spacial score (nSPS) is 15.4. The van der Waals surface area contributed by atoms with E-state index >= 15 is 0 Å². The van der Waals surface area contributed by atoms with Crippen LogP contribution in [0.25, 0.3) is 10.2 Å². The first-order valence-corrected chi connectivity index (χ1v) is 25.7. The van der Waals surface area contributed by atoms with Crippen molar-refractivity contribution in [1.82, 2.24) is 24.9 Å². The second-order valence-electron chi connectivity index (χ2n) is 15.0. The third-order valence-electron chi connectivity index (χ3n) is 10.7. The maximum absolute atomic E-state index is 14.2. The summed E-state index contributed by atoms with van der Waals surface area (Å²) < 4.78 is 98.7. The number of nitrogens with zero attached hydrogens (tertiary/aromatic N) is 4. The van der Waals surface area contributed by atoms with Gasteiger partial charge in [0.05, 0.1) is 20.8 Å². The molecule has 2 aliphatic heterocycles. The number of carbonyl (C=O) groups is 2. The predicted octanol–water partition coefficient (Wildman–Crippen LogP) is 6.85. The van der Waals surface area contributed by atoms with Crippen molar-refractivity contribution >= 4 is 92.3 Å². The van der Waals surface area contributed by atoms with Crippen molar-refractivity contribution in [2.45, 2.75) is 45.6 Å². The van der Waals surface area contributed by atoms with Crippen LogP contribution in [-0.4, -0.2) is 100 Å². The summed E-state index contributed by atoms with van der Waals surface area (Å²) in [6.45, 7) is 4.42. The van der Waals surface area contributed by atoms with Gasteiger partial charge >= 0.3 is 5.51 Å². The molecule has 0 saturated carbocycles. The Morgan fingerprint density at radius 1 is 0.891 bits per heavy atom. The van der Waals surface area contributed by atoms with E-state index in [0.29, 0.717) is 53.6 Å². The molecule has 2 amide bonds. The van der Waals surface area contributed by atoms with Crippen LogP contribution < -0.4 is 25.6 Å². The zero-order valence-electron chi connectivity index (χ0n) is 33.8. The predicted molar refractivity (Wildman–Crippen MR) is 244 cm³/mol. The maximum Gasteiger partial charge on any atom is 0.501 e. The van der Waals surface area contributed by atoms with Gasteiger partial charge in [0, 0.05) is 73.4 Å². The molecular formula is C42H41F3N8O6S5. The Kier molecular flexibility index (Phi) is 13.6. The number of amides is 2. The van der Waals surface area contributed by atoms with Gasteiger partial charge in [-0.25, -0.2) is 31.5 Å². The van der Waals surface area contributed by atoms with Crippen LogP contribution in [0.5, 0.6) is 0 Å². The van der Waals surface area contributed by atoms with E-state index in [2.05, 4.69) is 30.8 Å². The number of nitrogens with one attached hydrogen (secondary N) is 4. The number of hydrogen-bond donors (Lipinski definition) is 4. The van der Waals surface area contributed by atoms with E-state index in [9.17, 15) is 39.6 Å². The number of alkyl halides is 3. The Labute approximate surface area is 379 Å². The van der Waals surface area contributed by atoms with Crippen molar-refractivity contribution in [3.8, 4) is 0 Å². The number of piperazine rings is 1. The van der Waals surface area contributed by atoms with Gasteiger partial charge in [0.15, 0.2) is 10.3 Å². The lowest BCUT2D eigenvalue weighted by Crippen LogP contribution is -2.44. The van der Waals surface area contributed by atoms with Gasteiger partial charge in [-0.05, 0) is 72.5 Å².